The molecule has 0 unspecified atom stereocenters. The summed E-state index contributed by atoms with van der Waals surface area (Å²) >= 11 is 6.03. The van der Waals surface area contributed by atoms with E-state index in [1.54, 1.807) is 0 Å². The van der Waals surface area contributed by atoms with Crippen molar-refractivity contribution in [2.75, 3.05) is 26.2 Å². The summed E-state index contributed by atoms with van der Waals surface area (Å²) in [5.41, 5.74) is 0. The zero-order chi connectivity index (χ0) is 13.0. The number of hydrogen-bond acceptors (Lipinski definition) is 3. The molecule has 0 aromatic heterocycles. The number of hydrogen-bond donors (Lipinski definition) is 0. The molecule has 2 rings (SSSR count). The molecule has 1 saturated heterocycles. The monoisotopic (exact) mass is 269 g/mol. The van der Waals surface area contributed by atoms with Crippen LogP contribution in [0, 0.1) is 0 Å². The Kier molecular flexibility index (Phi) is 4.87. The van der Waals surface area contributed by atoms with E-state index in [-0.39, 0.29) is 0 Å². The highest BCUT2D eigenvalue weighted by atomic mass is 35.5. The van der Waals surface area contributed by atoms with Crippen LogP contribution in [0.15, 0.2) is 24.3 Å². The first kappa shape index (κ1) is 13.7. The van der Waals surface area contributed by atoms with E-state index in [1.807, 2.05) is 24.3 Å². The van der Waals surface area contributed by atoms with Gasteiger partial charge in [-0.25, -0.2) is 0 Å². The summed E-state index contributed by atoms with van der Waals surface area (Å²) in [4.78, 5) is 2.37. The summed E-state index contributed by atoms with van der Waals surface area (Å²) in [5.74, 6) is 0.758. The van der Waals surface area contributed by atoms with Crippen LogP contribution in [0.25, 0.3) is 0 Å². The number of rotatable bonds is 4. The fraction of sp³-hybridized carbons (Fsp3) is 0.571. The highest BCUT2D eigenvalue weighted by Crippen LogP contribution is 2.23. The van der Waals surface area contributed by atoms with Gasteiger partial charge in [-0.3, -0.25) is 4.90 Å². The Morgan fingerprint density at radius 1 is 1.28 bits per heavy atom. The predicted molar refractivity (Wildman–Crippen MR) is 73.4 cm³/mol. The number of benzene rings is 1. The van der Waals surface area contributed by atoms with Crippen LogP contribution >= 0.6 is 11.6 Å². The van der Waals surface area contributed by atoms with E-state index in [9.17, 15) is 0 Å². The minimum Gasteiger partial charge on any atom is -0.491 e. The van der Waals surface area contributed by atoms with Gasteiger partial charge in [0.15, 0.2) is 0 Å². The molecule has 0 saturated carbocycles. The first-order valence-electron chi connectivity index (χ1n) is 6.40. The summed E-state index contributed by atoms with van der Waals surface area (Å²) in [6, 6.07) is 7.57. The van der Waals surface area contributed by atoms with Crippen molar-refractivity contribution in [3.63, 3.8) is 0 Å². The molecule has 3 nitrogen and oxygen atoms in total. The molecule has 0 spiro atoms. The van der Waals surface area contributed by atoms with Crippen LogP contribution < -0.4 is 4.74 Å². The Hall–Kier alpha value is -0.770. The number of halogens is 1. The second-order valence-electron chi connectivity index (χ2n) is 4.80. The third-order valence-electron chi connectivity index (χ3n) is 3.00. The van der Waals surface area contributed by atoms with Gasteiger partial charge >= 0.3 is 0 Å². The van der Waals surface area contributed by atoms with Crippen LogP contribution in [0.5, 0.6) is 5.75 Å². The first-order valence-corrected chi connectivity index (χ1v) is 6.78. The normalized spacial score (nSPS) is 25.1. The molecule has 1 heterocycles. The number of morpholine rings is 1. The molecule has 4 heteroatoms. The SMILES string of the molecule is C[C@@H]1CN(CCOc2ccccc2Cl)C[C@H](C)O1. The van der Waals surface area contributed by atoms with Gasteiger partial charge in [0.2, 0.25) is 0 Å². The highest BCUT2D eigenvalue weighted by molar-refractivity contribution is 6.32. The van der Waals surface area contributed by atoms with E-state index in [2.05, 4.69) is 18.7 Å². The van der Waals surface area contributed by atoms with Crippen molar-refractivity contribution in [2.24, 2.45) is 0 Å². The lowest BCUT2D eigenvalue weighted by molar-refractivity contribution is -0.0699. The molecule has 0 N–H and O–H groups in total. The van der Waals surface area contributed by atoms with Crippen molar-refractivity contribution in [1.29, 1.82) is 0 Å². The Bertz CT molecular complexity index is 376. The highest BCUT2D eigenvalue weighted by Gasteiger charge is 2.21. The van der Waals surface area contributed by atoms with Gasteiger partial charge < -0.3 is 9.47 Å². The Labute approximate surface area is 114 Å². The Morgan fingerprint density at radius 3 is 2.61 bits per heavy atom. The summed E-state index contributed by atoms with van der Waals surface area (Å²) in [6.07, 6.45) is 0.600. The van der Waals surface area contributed by atoms with Crippen LogP contribution in [0.3, 0.4) is 0 Å². The molecule has 1 aromatic rings. The second-order valence-corrected chi connectivity index (χ2v) is 5.20. The third-order valence-corrected chi connectivity index (χ3v) is 3.31. The van der Waals surface area contributed by atoms with Gasteiger partial charge in [-0.2, -0.15) is 0 Å². The standard InChI is InChI=1S/C14H20ClNO2/c1-11-9-16(10-12(2)18-11)7-8-17-14-6-4-3-5-13(14)15/h3-6,11-12H,7-10H2,1-2H3/t11-,12+. The molecular formula is C14H20ClNO2. The molecule has 100 valence electrons. The minimum atomic E-state index is 0.300. The number of ether oxygens (including phenoxy) is 2. The summed E-state index contributed by atoms with van der Waals surface area (Å²) < 4.78 is 11.4. The molecule has 0 aliphatic carbocycles. The van der Waals surface area contributed by atoms with Gasteiger partial charge in [0.1, 0.15) is 12.4 Å². The van der Waals surface area contributed by atoms with Gasteiger partial charge in [0.05, 0.1) is 17.2 Å². The van der Waals surface area contributed by atoms with Crippen molar-refractivity contribution in [3.05, 3.63) is 29.3 Å². The fourth-order valence-corrected chi connectivity index (χ4v) is 2.50. The maximum atomic E-state index is 6.03. The topological polar surface area (TPSA) is 21.7 Å². The second kappa shape index (κ2) is 6.41. The number of nitrogens with zero attached hydrogens (tertiary/aromatic N) is 1. The minimum absolute atomic E-state index is 0.300. The Morgan fingerprint density at radius 2 is 1.94 bits per heavy atom. The van der Waals surface area contributed by atoms with Crippen molar-refractivity contribution in [3.8, 4) is 5.75 Å². The van der Waals surface area contributed by atoms with Crippen LogP contribution in [0.2, 0.25) is 5.02 Å². The smallest absolute Gasteiger partial charge is 0.137 e. The van der Waals surface area contributed by atoms with Gasteiger partial charge in [-0.1, -0.05) is 23.7 Å². The van der Waals surface area contributed by atoms with Crippen LogP contribution in [0.1, 0.15) is 13.8 Å². The lowest BCUT2D eigenvalue weighted by Crippen LogP contribution is -2.46. The average molecular weight is 270 g/mol. The van der Waals surface area contributed by atoms with Crippen molar-refractivity contribution < 1.29 is 9.47 Å². The van der Waals surface area contributed by atoms with Crippen LogP contribution in [-0.4, -0.2) is 43.3 Å². The largest absolute Gasteiger partial charge is 0.491 e. The van der Waals surface area contributed by atoms with E-state index < -0.39 is 0 Å². The van der Waals surface area contributed by atoms with E-state index in [4.69, 9.17) is 21.1 Å². The van der Waals surface area contributed by atoms with Crippen LogP contribution in [0.4, 0.5) is 0 Å². The lowest BCUT2D eigenvalue weighted by Gasteiger charge is -2.35. The summed E-state index contributed by atoms with van der Waals surface area (Å²) in [6.45, 7) is 7.72. The zero-order valence-corrected chi connectivity index (χ0v) is 11.7. The molecule has 0 bridgehead atoms. The zero-order valence-electron chi connectivity index (χ0n) is 10.9. The molecule has 18 heavy (non-hydrogen) atoms. The van der Waals surface area contributed by atoms with E-state index >= 15 is 0 Å². The van der Waals surface area contributed by atoms with Crippen molar-refractivity contribution in [1.82, 2.24) is 4.90 Å². The molecular weight excluding hydrogens is 250 g/mol. The van der Waals surface area contributed by atoms with Gasteiger partial charge in [-0.15, -0.1) is 0 Å². The molecule has 1 aromatic carbocycles. The third kappa shape index (κ3) is 3.87. The average Bonchev–Trinajstić information content (AvgIpc) is 2.30. The summed E-state index contributed by atoms with van der Waals surface area (Å²) in [7, 11) is 0. The lowest BCUT2D eigenvalue weighted by atomic mass is 10.2. The molecule has 1 fully saturated rings. The van der Waals surface area contributed by atoms with E-state index in [0.717, 1.165) is 25.4 Å². The molecule has 0 amide bonds. The molecule has 1 aliphatic rings. The van der Waals surface area contributed by atoms with Gasteiger partial charge in [0, 0.05) is 19.6 Å². The fourth-order valence-electron chi connectivity index (χ4n) is 2.31. The predicted octanol–water partition coefficient (Wildman–Crippen LogP) is 2.83. The number of para-hydroxylation sites is 1. The maximum Gasteiger partial charge on any atom is 0.137 e. The van der Waals surface area contributed by atoms with Crippen LogP contribution in [-0.2, 0) is 4.74 Å². The van der Waals surface area contributed by atoms with Gasteiger partial charge in [0.25, 0.3) is 0 Å². The van der Waals surface area contributed by atoms with Gasteiger partial charge in [-0.05, 0) is 26.0 Å². The quantitative estimate of drug-likeness (QED) is 0.839. The van der Waals surface area contributed by atoms with E-state index in [0.29, 0.717) is 23.8 Å². The van der Waals surface area contributed by atoms with E-state index in [1.165, 1.54) is 0 Å². The Balaban J connectivity index is 1.77. The van der Waals surface area contributed by atoms with Crippen molar-refractivity contribution >= 4 is 11.6 Å². The molecule has 1 aliphatic heterocycles. The summed E-state index contributed by atoms with van der Waals surface area (Å²) in [5, 5.41) is 0.668. The van der Waals surface area contributed by atoms with Crippen molar-refractivity contribution in [2.45, 2.75) is 26.1 Å². The molecule has 2 atom stereocenters. The molecule has 0 radical (unpaired) electrons. The first-order chi connectivity index (χ1) is 8.65. The maximum absolute atomic E-state index is 6.03.